The SMILES string of the molecule is Cc1cc(C)c(NCC(=O)N/N=C\c2ccc(C)o2)c(C)c1. The smallest absolute Gasteiger partial charge is 0.259 e. The maximum Gasteiger partial charge on any atom is 0.259 e. The molecule has 0 unspecified atom stereocenters. The summed E-state index contributed by atoms with van der Waals surface area (Å²) in [7, 11) is 0. The molecule has 0 aliphatic rings. The number of nitrogens with one attached hydrogen (secondary N) is 2. The summed E-state index contributed by atoms with van der Waals surface area (Å²) in [4.78, 5) is 11.8. The van der Waals surface area contributed by atoms with Crippen LogP contribution in [0, 0.1) is 27.7 Å². The molecule has 0 fully saturated rings. The molecule has 2 N–H and O–H groups in total. The van der Waals surface area contributed by atoms with Gasteiger partial charge in [0.2, 0.25) is 0 Å². The third kappa shape index (κ3) is 4.22. The number of amides is 1. The Balaban J connectivity index is 1.87. The van der Waals surface area contributed by atoms with E-state index in [1.165, 1.54) is 11.8 Å². The topological polar surface area (TPSA) is 66.6 Å². The van der Waals surface area contributed by atoms with Crippen LogP contribution in [0.15, 0.2) is 33.8 Å². The van der Waals surface area contributed by atoms with E-state index in [2.05, 4.69) is 34.9 Å². The van der Waals surface area contributed by atoms with Gasteiger partial charge in [0.25, 0.3) is 5.91 Å². The summed E-state index contributed by atoms with van der Waals surface area (Å²) < 4.78 is 5.32. The van der Waals surface area contributed by atoms with Crippen LogP contribution in [0.25, 0.3) is 0 Å². The van der Waals surface area contributed by atoms with Gasteiger partial charge in [0, 0.05) is 5.69 Å². The predicted octanol–water partition coefficient (Wildman–Crippen LogP) is 3.08. The predicted molar refractivity (Wildman–Crippen MR) is 88.3 cm³/mol. The van der Waals surface area contributed by atoms with Crippen molar-refractivity contribution in [3.63, 3.8) is 0 Å². The van der Waals surface area contributed by atoms with E-state index < -0.39 is 0 Å². The second-order valence-electron chi connectivity index (χ2n) is 5.37. The Kier molecular flexibility index (Phi) is 4.99. The van der Waals surface area contributed by atoms with Crippen LogP contribution in [-0.4, -0.2) is 18.7 Å². The van der Waals surface area contributed by atoms with Crippen LogP contribution in [0.5, 0.6) is 0 Å². The number of rotatable bonds is 5. The average Bonchev–Trinajstić information content (AvgIpc) is 2.83. The second-order valence-corrected chi connectivity index (χ2v) is 5.37. The Morgan fingerprint density at radius 2 is 1.86 bits per heavy atom. The van der Waals surface area contributed by atoms with Gasteiger partial charge in [0.15, 0.2) is 0 Å². The molecular weight excluding hydrogens is 278 g/mol. The molecule has 0 spiro atoms. The highest BCUT2D eigenvalue weighted by molar-refractivity contribution is 5.83. The number of hydrazone groups is 1. The highest BCUT2D eigenvalue weighted by Crippen LogP contribution is 2.21. The molecule has 116 valence electrons. The summed E-state index contributed by atoms with van der Waals surface area (Å²) in [5, 5.41) is 7.02. The van der Waals surface area contributed by atoms with Crippen LogP contribution in [0.4, 0.5) is 5.69 Å². The quantitative estimate of drug-likeness (QED) is 0.658. The van der Waals surface area contributed by atoms with Gasteiger partial charge in [-0.15, -0.1) is 0 Å². The fourth-order valence-electron chi connectivity index (χ4n) is 2.36. The van der Waals surface area contributed by atoms with Crippen molar-refractivity contribution < 1.29 is 9.21 Å². The summed E-state index contributed by atoms with van der Waals surface area (Å²) in [6, 6.07) is 7.81. The number of carbonyl (C=O) groups excluding carboxylic acids is 1. The number of nitrogens with zero attached hydrogens (tertiary/aromatic N) is 1. The van der Waals surface area contributed by atoms with Crippen LogP contribution >= 0.6 is 0 Å². The van der Waals surface area contributed by atoms with Crippen molar-refractivity contribution in [2.24, 2.45) is 5.10 Å². The van der Waals surface area contributed by atoms with E-state index in [1.54, 1.807) is 6.07 Å². The lowest BCUT2D eigenvalue weighted by molar-refractivity contribution is -0.119. The van der Waals surface area contributed by atoms with Crippen LogP contribution in [0.1, 0.15) is 28.2 Å². The van der Waals surface area contributed by atoms with Crippen molar-refractivity contribution >= 4 is 17.8 Å². The summed E-state index contributed by atoms with van der Waals surface area (Å²) in [5.41, 5.74) is 6.92. The molecule has 0 saturated carbocycles. The van der Waals surface area contributed by atoms with Crippen LogP contribution < -0.4 is 10.7 Å². The van der Waals surface area contributed by atoms with Gasteiger partial charge in [0.1, 0.15) is 11.5 Å². The minimum absolute atomic E-state index is 0.166. The lowest BCUT2D eigenvalue weighted by Gasteiger charge is -2.13. The number of aryl methyl sites for hydroxylation is 4. The number of benzene rings is 1. The number of hydrogen-bond donors (Lipinski definition) is 2. The first-order valence-corrected chi connectivity index (χ1v) is 7.16. The summed E-state index contributed by atoms with van der Waals surface area (Å²) in [6.07, 6.45) is 1.48. The first-order valence-electron chi connectivity index (χ1n) is 7.16. The normalized spacial score (nSPS) is 10.9. The molecule has 1 aromatic carbocycles. The highest BCUT2D eigenvalue weighted by atomic mass is 16.3. The zero-order valence-electron chi connectivity index (χ0n) is 13.4. The molecule has 5 heteroatoms. The minimum atomic E-state index is -0.209. The second kappa shape index (κ2) is 6.93. The van der Waals surface area contributed by atoms with Gasteiger partial charge in [-0.2, -0.15) is 5.10 Å². The molecule has 0 bridgehead atoms. The van der Waals surface area contributed by atoms with Gasteiger partial charge < -0.3 is 9.73 Å². The van der Waals surface area contributed by atoms with E-state index in [4.69, 9.17) is 4.42 Å². The zero-order chi connectivity index (χ0) is 16.1. The first-order chi connectivity index (χ1) is 10.5. The van der Waals surface area contributed by atoms with Crippen LogP contribution in [0.3, 0.4) is 0 Å². The largest absolute Gasteiger partial charge is 0.460 e. The highest BCUT2D eigenvalue weighted by Gasteiger charge is 2.05. The number of carbonyl (C=O) groups is 1. The fourth-order valence-corrected chi connectivity index (χ4v) is 2.36. The van der Waals surface area contributed by atoms with Crippen LogP contribution in [-0.2, 0) is 4.79 Å². The Morgan fingerprint density at radius 3 is 2.45 bits per heavy atom. The van der Waals surface area contributed by atoms with Gasteiger partial charge in [-0.05, 0) is 51.0 Å². The molecule has 5 nitrogen and oxygen atoms in total. The summed E-state index contributed by atoms with van der Waals surface area (Å²) in [6.45, 7) is 8.13. The first kappa shape index (κ1) is 15.8. The molecule has 0 saturated heterocycles. The number of anilines is 1. The van der Waals surface area contributed by atoms with Crippen molar-refractivity contribution in [2.75, 3.05) is 11.9 Å². The standard InChI is InChI=1S/C17H21N3O2/c1-11-7-12(2)17(13(3)8-11)18-10-16(21)20-19-9-15-6-5-14(4)22-15/h5-9,18H,10H2,1-4H3,(H,20,21)/b19-9-. The van der Waals surface area contributed by atoms with E-state index in [9.17, 15) is 4.79 Å². The van der Waals surface area contributed by atoms with Gasteiger partial charge >= 0.3 is 0 Å². The van der Waals surface area contributed by atoms with Gasteiger partial charge in [0.05, 0.1) is 12.8 Å². The molecule has 0 aliphatic heterocycles. The van der Waals surface area contributed by atoms with Crippen molar-refractivity contribution in [1.82, 2.24) is 5.43 Å². The maximum atomic E-state index is 11.8. The van der Waals surface area contributed by atoms with Crippen molar-refractivity contribution in [3.8, 4) is 0 Å². The molecule has 22 heavy (non-hydrogen) atoms. The van der Waals surface area contributed by atoms with E-state index in [-0.39, 0.29) is 12.5 Å². The van der Waals surface area contributed by atoms with Gasteiger partial charge in [-0.3, -0.25) is 4.79 Å². The van der Waals surface area contributed by atoms with Gasteiger partial charge in [-0.1, -0.05) is 17.7 Å². The molecular formula is C17H21N3O2. The summed E-state index contributed by atoms with van der Waals surface area (Å²) in [5.74, 6) is 1.20. The van der Waals surface area contributed by atoms with Crippen molar-refractivity contribution in [2.45, 2.75) is 27.7 Å². The van der Waals surface area contributed by atoms with E-state index in [0.717, 1.165) is 22.6 Å². The number of furan rings is 1. The molecule has 1 aromatic heterocycles. The van der Waals surface area contributed by atoms with Crippen molar-refractivity contribution in [3.05, 3.63) is 52.5 Å². The lowest BCUT2D eigenvalue weighted by Crippen LogP contribution is -2.26. The third-order valence-corrected chi connectivity index (χ3v) is 3.24. The Bertz CT molecular complexity index is 679. The lowest BCUT2D eigenvalue weighted by atomic mass is 10.1. The molecule has 1 amide bonds. The monoisotopic (exact) mass is 299 g/mol. The molecule has 1 heterocycles. The molecule has 0 aliphatic carbocycles. The molecule has 0 radical (unpaired) electrons. The van der Waals surface area contributed by atoms with E-state index >= 15 is 0 Å². The Morgan fingerprint density at radius 1 is 1.18 bits per heavy atom. The average molecular weight is 299 g/mol. The van der Waals surface area contributed by atoms with Gasteiger partial charge in [-0.25, -0.2) is 5.43 Å². The molecule has 2 rings (SSSR count). The fraction of sp³-hybridized carbons (Fsp3) is 0.294. The zero-order valence-corrected chi connectivity index (χ0v) is 13.4. The third-order valence-electron chi connectivity index (χ3n) is 3.24. The minimum Gasteiger partial charge on any atom is -0.460 e. The maximum absolute atomic E-state index is 11.8. The molecule has 0 atom stereocenters. The Hall–Kier alpha value is -2.56. The van der Waals surface area contributed by atoms with Crippen molar-refractivity contribution in [1.29, 1.82) is 0 Å². The van der Waals surface area contributed by atoms with E-state index in [1.807, 2.05) is 26.8 Å². The van der Waals surface area contributed by atoms with Crippen LogP contribution in [0.2, 0.25) is 0 Å². The Labute approximate surface area is 130 Å². The molecule has 2 aromatic rings. The summed E-state index contributed by atoms with van der Waals surface area (Å²) >= 11 is 0. The van der Waals surface area contributed by atoms with E-state index in [0.29, 0.717) is 5.76 Å². The number of hydrogen-bond acceptors (Lipinski definition) is 4.